The second-order valence-electron chi connectivity index (χ2n) is 5.63. The molecule has 1 aliphatic rings. The summed E-state index contributed by atoms with van der Waals surface area (Å²) < 4.78 is 5.17. The second-order valence-corrected chi connectivity index (χ2v) is 6.85. The molecular weight excluding hydrogens is 288 g/mol. The van der Waals surface area contributed by atoms with E-state index < -0.39 is 0 Å². The van der Waals surface area contributed by atoms with Crippen molar-refractivity contribution in [3.05, 3.63) is 11.7 Å². The zero-order valence-corrected chi connectivity index (χ0v) is 13.8. The Morgan fingerprint density at radius 1 is 1.52 bits per heavy atom. The van der Waals surface area contributed by atoms with Crippen molar-refractivity contribution in [3.8, 4) is 0 Å². The fourth-order valence-electron chi connectivity index (χ4n) is 2.18. The Labute approximate surface area is 130 Å². The average Bonchev–Trinajstić information content (AvgIpc) is 2.81. The van der Waals surface area contributed by atoms with Crippen molar-refractivity contribution >= 4 is 17.8 Å². The van der Waals surface area contributed by atoms with E-state index in [1.54, 1.807) is 0 Å². The van der Waals surface area contributed by atoms with E-state index in [9.17, 15) is 4.79 Å². The van der Waals surface area contributed by atoms with Gasteiger partial charge in [-0.3, -0.25) is 0 Å². The number of amides is 2. The summed E-state index contributed by atoms with van der Waals surface area (Å²) in [5.74, 6) is 3.70. The molecule has 0 saturated carbocycles. The summed E-state index contributed by atoms with van der Waals surface area (Å²) in [6, 6.07) is 0.310. The van der Waals surface area contributed by atoms with E-state index in [0.29, 0.717) is 24.9 Å². The van der Waals surface area contributed by atoms with Gasteiger partial charge in [0.2, 0.25) is 5.89 Å². The Bertz CT molecular complexity index is 464. The van der Waals surface area contributed by atoms with Crippen LogP contribution in [0.2, 0.25) is 0 Å². The van der Waals surface area contributed by atoms with Gasteiger partial charge in [-0.1, -0.05) is 19.0 Å². The molecule has 2 heterocycles. The molecule has 0 spiro atoms. The summed E-state index contributed by atoms with van der Waals surface area (Å²) in [4.78, 5) is 18.4. The van der Waals surface area contributed by atoms with Gasteiger partial charge in [-0.15, -0.1) is 0 Å². The van der Waals surface area contributed by atoms with Gasteiger partial charge in [-0.25, -0.2) is 4.79 Å². The summed E-state index contributed by atoms with van der Waals surface area (Å²) in [5, 5.41) is 6.86. The number of thioether (sulfide) groups is 1. The molecule has 1 fully saturated rings. The van der Waals surface area contributed by atoms with Crippen LogP contribution in [0.25, 0.3) is 0 Å². The lowest BCUT2D eigenvalue weighted by molar-refractivity contribution is 0.183. The highest BCUT2D eigenvalue weighted by Crippen LogP contribution is 2.16. The van der Waals surface area contributed by atoms with Crippen molar-refractivity contribution in [2.75, 3.05) is 24.6 Å². The molecule has 0 aliphatic carbocycles. The zero-order chi connectivity index (χ0) is 15.2. The molecule has 1 aliphatic heterocycles. The van der Waals surface area contributed by atoms with Gasteiger partial charge < -0.3 is 14.7 Å². The molecule has 6 nitrogen and oxygen atoms in total. The van der Waals surface area contributed by atoms with Crippen LogP contribution in [0, 0.1) is 0 Å². The molecule has 1 aromatic heterocycles. The number of hydrogen-bond donors (Lipinski definition) is 1. The Kier molecular flexibility index (Phi) is 5.90. The predicted molar refractivity (Wildman–Crippen MR) is 83.6 cm³/mol. The Morgan fingerprint density at radius 3 is 3.05 bits per heavy atom. The number of carbonyl (C=O) groups excluding carboxylic acids is 1. The Balaban J connectivity index is 1.77. The molecule has 2 amide bonds. The molecule has 1 aromatic rings. The maximum atomic E-state index is 12.2. The summed E-state index contributed by atoms with van der Waals surface area (Å²) in [7, 11) is 0. The van der Waals surface area contributed by atoms with Crippen molar-refractivity contribution in [2.24, 2.45) is 0 Å². The van der Waals surface area contributed by atoms with Gasteiger partial charge in [0.15, 0.2) is 5.82 Å². The third-order valence-electron chi connectivity index (χ3n) is 3.56. The molecule has 2 rings (SSSR count). The molecular formula is C14H24N4O2S. The fraction of sp³-hybridized carbons (Fsp3) is 0.786. The van der Waals surface area contributed by atoms with Crippen molar-refractivity contribution < 1.29 is 9.32 Å². The number of nitrogens with one attached hydrogen (secondary N) is 1. The van der Waals surface area contributed by atoms with Crippen LogP contribution in [-0.4, -0.2) is 51.7 Å². The van der Waals surface area contributed by atoms with Crippen LogP contribution in [0.4, 0.5) is 4.79 Å². The minimum Gasteiger partial charge on any atom is -0.339 e. The van der Waals surface area contributed by atoms with Crippen LogP contribution in [0.5, 0.6) is 0 Å². The molecule has 0 unspecified atom stereocenters. The number of nitrogens with zero attached hydrogens (tertiary/aromatic N) is 3. The van der Waals surface area contributed by atoms with Crippen molar-refractivity contribution in [1.82, 2.24) is 20.4 Å². The number of carbonyl (C=O) groups is 1. The van der Waals surface area contributed by atoms with Gasteiger partial charge in [0.05, 0.1) is 0 Å². The van der Waals surface area contributed by atoms with Gasteiger partial charge in [-0.2, -0.15) is 16.7 Å². The number of urea groups is 1. The topological polar surface area (TPSA) is 71.3 Å². The van der Waals surface area contributed by atoms with E-state index >= 15 is 0 Å². The zero-order valence-electron chi connectivity index (χ0n) is 13.0. The van der Waals surface area contributed by atoms with Crippen LogP contribution in [0.15, 0.2) is 4.52 Å². The molecule has 1 atom stereocenters. The highest BCUT2D eigenvalue weighted by atomic mass is 32.2. The molecule has 118 valence electrons. The highest BCUT2D eigenvalue weighted by Gasteiger charge is 2.21. The first-order valence-corrected chi connectivity index (χ1v) is 8.68. The van der Waals surface area contributed by atoms with Crippen molar-refractivity contribution in [2.45, 2.75) is 45.6 Å². The lowest BCUT2D eigenvalue weighted by Crippen LogP contribution is -2.46. The van der Waals surface area contributed by atoms with E-state index in [4.69, 9.17) is 4.52 Å². The summed E-state index contributed by atoms with van der Waals surface area (Å²) >= 11 is 1.91. The van der Waals surface area contributed by atoms with Crippen LogP contribution in [0.1, 0.15) is 44.8 Å². The van der Waals surface area contributed by atoms with Crippen molar-refractivity contribution in [1.29, 1.82) is 0 Å². The van der Waals surface area contributed by atoms with Crippen LogP contribution in [0.3, 0.4) is 0 Å². The van der Waals surface area contributed by atoms with Gasteiger partial charge in [-0.05, 0) is 19.1 Å². The molecule has 0 bridgehead atoms. The molecule has 1 saturated heterocycles. The number of rotatable bonds is 4. The van der Waals surface area contributed by atoms with E-state index in [0.717, 1.165) is 30.3 Å². The quantitative estimate of drug-likeness (QED) is 0.923. The predicted octanol–water partition coefficient (Wildman–Crippen LogP) is 2.27. The standard InChI is InChI=1S/C14H24N4O2S/c1-10(2)13-16-12(20-17-13)4-6-15-14(19)18-7-9-21-8-5-11(18)3/h10-11H,4-9H2,1-3H3,(H,15,19)/t11-/m0/s1. The number of aromatic nitrogens is 2. The van der Waals surface area contributed by atoms with Crippen molar-refractivity contribution in [3.63, 3.8) is 0 Å². The van der Waals surface area contributed by atoms with Gasteiger partial charge in [0.1, 0.15) is 0 Å². The highest BCUT2D eigenvalue weighted by molar-refractivity contribution is 7.99. The minimum absolute atomic E-state index is 0.00796. The Hall–Kier alpha value is -1.24. The van der Waals surface area contributed by atoms with Crippen LogP contribution < -0.4 is 5.32 Å². The maximum Gasteiger partial charge on any atom is 0.317 e. The van der Waals surface area contributed by atoms with Crippen LogP contribution >= 0.6 is 11.8 Å². The maximum absolute atomic E-state index is 12.2. The first kappa shape index (κ1) is 16.1. The van der Waals surface area contributed by atoms with Gasteiger partial charge in [0.25, 0.3) is 0 Å². The summed E-state index contributed by atoms with van der Waals surface area (Å²) in [6.45, 7) is 7.49. The molecule has 0 aromatic carbocycles. The normalized spacial score (nSPS) is 19.6. The molecule has 1 N–H and O–H groups in total. The lowest BCUT2D eigenvalue weighted by atomic mass is 10.2. The second kappa shape index (κ2) is 7.68. The van der Waals surface area contributed by atoms with Crippen LogP contribution in [-0.2, 0) is 6.42 Å². The molecule has 7 heteroatoms. The average molecular weight is 312 g/mol. The number of hydrogen-bond acceptors (Lipinski definition) is 5. The first-order chi connectivity index (χ1) is 10.1. The van der Waals surface area contributed by atoms with E-state index in [1.807, 2.05) is 30.5 Å². The van der Waals surface area contributed by atoms with Gasteiger partial charge >= 0.3 is 6.03 Å². The Morgan fingerprint density at radius 2 is 2.33 bits per heavy atom. The van der Waals surface area contributed by atoms with E-state index in [1.165, 1.54) is 0 Å². The minimum atomic E-state index is 0.00796. The monoisotopic (exact) mass is 312 g/mol. The van der Waals surface area contributed by atoms with Gasteiger partial charge in [0, 0.05) is 37.2 Å². The summed E-state index contributed by atoms with van der Waals surface area (Å²) in [6.07, 6.45) is 1.63. The molecule has 0 radical (unpaired) electrons. The fourth-order valence-corrected chi connectivity index (χ4v) is 3.22. The first-order valence-electron chi connectivity index (χ1n) is 7.52. The van der Waals surface area contributed by atoms with E-state index in [-0.39, 0.29) is 11.9 Å². The van der Waals surface area contributed by atoms with E-state index in [2.05, 4.69) is 22.4 Å². The SMILES string of the molecule is CC(C)c1noc(CCNC(=O)N2CCSCC[C@@H]2C)n1. The largest absolute Gasteiger partial charge is 0.339 e. The summed E-state index contributed by atoms with van der Waals surface area (Å²) in [5.41, 5.74) is 0. The lowest BCUT2D eigenvalue weighted by Gasteiger charge is -2.26. The third-order valence-corrected chi connectivity index (χ3v) is 4.56. The third kappa shape index (κ3) is 4.62. The smallest absolute Gasteiger partial charge is 0.317 e. The molecule has 21 heavy (non-hydrogen) atoms.